The first-order valence-corrected chi connectivity index (χ1v) is 5.28. The topological polar surface area (TPSA) is 15.3 Å². The van der Waals surface area contributed by atoms with Gasteiger partial charge in [0.15, 0.2) is 0 Å². The molecule has 70 valence electrons. The molecular weight excluding hydrogens is 148 g/mol. The van der Waals surface area contributed by atoms with E-state index in [1.807, 2.05) is 0 Å². The van der Waals surface area contributed by atoms with E-state index in [1.165, 1.54) is 52.0 Å². The SMILES string of the molecule is CCN1CCC2(CCNC2)CC1. The van der Waals surface area contributed by atoms with E-state index in [0.717, 1.165) is 0 Å². The van der Waals surface area contributed by atoms with Crippen LogP contribution in [0.15, 0.2) is 0 Å². The van der Waals surface area contributed by atoms with Crippen molar-refractivity contribution >= 4 is 0 Å². The van der Waals surface area contributed by atoms with E-state index in [0.29, 0.717) is 5.41 Å². The molecule has 1 N–H and O–H groups in total. The fourth-order valence-corrected chi connectivity index (χ4v) is 2.57. The Morgan fingerprint density at radius 3 is 2.50 bits per heavy atom. The third kappa shape index (κ3) is 1.50. The molecule has 0 saturated carbocycles. The van der Waals surface area contributed by atoms with Crippen molar-refractivity contribution in [3.63, 3.8) is 0 Å². The van der Waals surface area contributed by atoms with Gasteiger partial charge in [0.1, 0.15) is 0 Å². The third-order valence-electron chi connectivity index (χ3n) is 3.70. The van der Waals surface area contributed by atoms with Crippen LogP contribution in [0.1, 0.15) is 26.2 Å². The number of nitrogens with one attached hydrogen (secondary N) is 1. The lowest BCUT2D eigenvalue weighted by molar-refractivity contribution is 0.124. The van der Waals surface area contributed by atoms with E-state index < -0.39 is 0 Å². The van der Waals surface area contributed by atoms with Crippen LogP contribution in [-0.2, 0) is 0 Å². The van der Waals surface area contributed by atoms with Gasteiger partial charge in [0.05, 0.1) is 0 Å². The molecule has 0 aromatic carbocycles. The second-order valence-corrected chi connectivity index (χ2v) is 4.36. The van der Waals surface area contributed by atoms with Crippen molar-refractivity contribution in [1.82, 2.24) is 10.2 Å². The summed E-state index contributed by atoms with van der Waals surface area (Å²) in [5.41, 5.74) is 0.700. The summed E-state index contributed by atoms with van der Waals surface area (Å²) < 4.78 is 0. The standard InChI is InChI=1S/C10H20N2/c1-2-12-7-4-10(5-8-12)3-6-11-9-10/h11H,2-9H2,1H3. The molecule has 2 rings (SSSR count). The van der Waals surface area contributed by atoms with Crippen molar-refractivity contribution in [1.29, 1.82) is 0 Å². The molecule has 0 radical (unpaired) electrons. The van der Waals surface area contributed by atoms with E-state index in [4.69, 9.17) is 0 Å². The highest BCUT2D eigenvalue weighted by atomic mass is 15.1. The molecule has 2 aliphatic heterocycles. The average molecular weight is 168 g/mol. The quantitative estimate of drug-likeness (QED) is 0.630. The molecule has 0 aliphatic carbocycles. The summed E-state index contributed by atoms with van der Waals surface area (Å²) in [6.45, 7) is 8.71. The predicted octanol–water partition coefficient (Wildman–Crippen LogP) is 1.08. The van der Waals surface area contributed by atoms with Gasteiger partial charge in [-0.15, -0.1) is 0 Å². The summed E-state index contributed by atoms with van der Waals surface area (Å²) in [7, 11) is 0. The second-order valence-electron chi connectivity index (χ2n) is 4.36. The van der Waals surface area contributed by atoms with Gasteiger partial charge in [-0.1, -0.05) is 6.92 Å². The van der Waals surface area contributed by atoms with Crippen LogP contribution in [0.25, 0.3) is 0 Å². The molecule has 12 heavy (non-hydrogen) atoms. The van der Waals surface area contributed by atoms with Gasteiger partial charge in [0, 0.05) is 6.54 Å². The van der Waals surface area contributed by atoms with Crippen molar-refractivity contribution < 1.29 is 0 Å². The van der Waals surface area contributed by atoms with E-state index >= 15 is 0 Å². The summed E-state index contributed by atoms with van der Waals surface area (Å²) in [6.07, 6.45) is 4.27. The van der Waals surface area contributed by atoms with Gasteiger partial charge in [-0.2, -0.15) is 0 Å². The van der Waals surface area contributed by atoms with Gasteiger partial charge in [0.2, 0.25) is 0 Å². The minimum absolute atomic E-state index is 0.700. The predicted molar refractivity (Wildman–Crippen MR) is 51.3 cm³/mol. The summed E-state index contributed by atoms with van der Waals surface area (Å²) in [4.78, 5) is 2.57. The molecule has 2 heteroatoms. The van der Waals surface area contributed by atoms with Crippen LogP contribution >= 0.6 is 0 Å². The zero-order valence-electron chi connectivity index (χ0n) is 8.10. The minimum Gasteiger partial charge on any atom is -0.316 e. The number of rotatable bonds is 1. The molecule has 2 saturated heterocycles. The van der Waals surface area contributed by atoms with Gasteiger partial charge >= 0.3 is 0 Å². The van der Waals surface area contributed by atoms with Crippen molar-refractivity contribution in [2.75, 3.05) is 32.7 Å². The third-order valence-corrected chi connectivity index (χ3v) is 3.70. The molecule has 2 nitrogen and oxygen atoms in total. The number of hydrogen-bond acceptors (Lipinski definition) is 2. The smallest absolute Gasteiger partial charge is 0.000924 e. The molecule has 0 bridgehead atoms. The Hall–Kier alpha value is -0.0800. The van der Waals surface area contributed by atoms with E-state index in [-0.39, 0.29) is 0 Å². The number of likely N-dealkylation sites (tertiary alicyclic amines) is 1. The Morgan fingerprint density at radius 2 is 2.00 bits per heavy atom. The number of hydrogen-bond donors (Lipinski definition) is 1. The lowest BCUT2D eigenvalue weighted by Crippen LogP contribution is -2.40. The fourth-order valence-electron chi connectivity index (χ4n) is 2.57. The molecule has 0 aromatic heterocycles. The van der Waals surface area contributed by atoms with E-state index in [9.17, 15) is 0 Å². The summed E-state index contributed by atoms with van der Waals surface area (Å²) in [6, 6.07) is 0. The fraction of sp³-hybridized carbons (Fsp3) is 1.00. The molecule has 0 amide bonds. The summed E-state index contributed by atoms with van der Waals surface area (Å²) in [5.74, 6) is 0. The first-order valence-electron chi connectivity index (χ1n) is 5.28. The van der Waals surface area contributed by atoms with Gasteiger partial charge in [0.25, 0.3) is 0 Å². The lowest BCUT2D eigenvalue weighted by Gasteiger charge is -2.38. The van der Waals surface area contributed by atoms with Gasteiger partial charge in [-0.3, -0.25) is 0 Å². The zero-order valence-corrected chi connectivity index (χ0v) is 8.10. The van der Waals surface area contributed by atoms with Gasteiger partial charge in [-0.25, -0.2) is 0 Å². The molecule has 1 spiro atoms. The zero-order chi connectivity index (χ0) is 8.44. The van der Waals surface area contributed by atoms with Crippen molar-refractivity contribution in [2.45, 2.75) is 26.2 Å². The lowest BCUT2D eigenvalue weighted by atomic mass is 9.78. The maximum atomic E-state index is 3.50. The van der Waals surface area contributed by atoms with Crippen molar-refractivity contribution in [3.05, 3.63) is 0 Å². The molecule has 0 atom stereocenters. The second kappa shape index (κ2) is 3.35. The molecule has 2 aliphatic rings. The van der Waals surface area contributed by atoms with Gasteiger partial charge < -0.3 is 10.2 Å². The monoisotopic (exact) mass is 168 g/mol. The van der Waals surface area contributed by atoms with Crippen molar-refractivity contribution in [2.24, 2.45) is 5.41 Å². The van der Waals surface area contributed by atoms with Crippen LogP contribution in [0.2, 0.25) is 0 Å². The first kappa shape index (κ1) is 8.52. The highest BCUT2D eigenvalue weighted by molar-refractivity contribution is 4.91. The molecule has 2 fully saturated rings. The Bertz CT molecular complexity index is 140. The normalized spacial score (nSPS) is 29.8. The minimum atomic E-state index is 0.700. The van der Waals surface area contributed by atoms with Crippen LogP contribution < -0.4 is 5.32 Å². The maximum absolute atomic E-state index is 3.50. The molecule has 0 aromatic rings. The summed E-state index contributed by atoms with van der Waals surface area (Å²) in [5, 5.41) is 3.50. The Kier molecular flexibility index (Phi) is 2.37. The summed E-state index contributed by atoms with van der Waals surface area (Å²) >= 11 is 0. The van der Waals surface area contributed by atoms with Crippen LogP contribution in [0.3, 0.4) is 0 Å². The maximum Gasteiger partial charge on any atom is 0.000924 e. The Morgan fingerprint density at radius 1 is 1.25 bits per heavy atom. The Labute approximate surface area is 75.3 Å². The molecule has 0 unspecified atom stereocenters. The molecule has 2 heterocycles. The van der Waals surface area contributed by atoms with Gasteiger partial charge in [-0.05, 0) is 50.9 Å². The number of nitrogens with zero attached hydrogens (tertiary/aromatic N) is 1. The van der Waals surface area contributed by atoms with E-state index in [2.05, 4.69) is 17.1 Å². The largest absolute Gasteiger partial charge is 0.316 e. The van der Waals surface area contributed by atoms with Crippen LogP contribution in [0.5, 0.6) is 0 Å². The van der Waals surface area contributed by atoms with Crippen LogP contribution in [0.4, 0.5) is 0 Å². The van der Waals surface area contributed by atoms with Crippen LogP contribution in [0, 0.1) is 5.41 Å². The Balaban J connectivity index is 1.88. The van der Waals surface area contributed by atoms with E-state index in [1.54, 1.807) is 0 Å². The van der Waals surface area contributed by atoms with Crippen LogP contribution in [-0.4, -0.2) is 37.6 Å². The first-order chi connectivity index (χ1) is 5.85. The number of piperidine rings is 1. The van der Waals surface area contributed by atoms with Crippen molar-refractivity contribution in [3.8, 4) is 0 Å². The molecular formula is C10H20N2. The average Bonchev–Trinajstić information content (AvgIpc) is 2.55. The highest BCUT2D eigenvalue weighted by Gasteiger charge is 2.36. The highest BCUT2D eigenvalue weighted by Crippen LogP contribution is 2.36.